The Morgan fingerprint density at radius 2 is 2.05 bits per heavy atom. The lowest BCUT2D eigenvalue weighted by atomic mass is 10.1. The molecule has 3 nitrogen and oxygen atoms in total. The van der Waals surface area contributed by atoms with E-state index in [0.29, 0.717) is 5.92 Å². The molecule has 2 aromatic rings. The van der Waals surface area contributed by atoms with Crippen LogP contribution in [-0.4, -0.2) is 25.6 Å². The Balaban J connectivity index is 2.43. The summed E-state index contributed by atoms with van der Waals surface area (Å²) in [5, 5.41) is 4.42. The lowest BCUT2D eigenvalue weighted by Gasteiger charge is -2.24. The number of benzene rings is 1. The highest BCUT2D eigenvalue weighted by Crippen LogP contribution is 2.26. The van der Waals surface area contributed by atoms with Gasteiger partial charge in [0, 0.05) is 31.2 Å². The van der Waals surface area contributed by atoms with Crippen molar-refractivity contribution in [3.05, 3.63) is 36.0 Å². The fourth-order valence-corrected chi connectivity index (χ4v) is 2.49. The predicted octanol–water partition coefficient (Wildman–Crippen LogP) is 3.44. The Kier molecular flexibility index (Phi) is 4.96. The van der Waals surface area contributed by atoms with Gasteiger partial charge in [0.15, 0.2) is 0 Å². The van der Waals surface area contributed by atoms with Crippen molar-refractivity contribution >= 4 is 16.6 Å². The average Bonchev–Trinajstić information content (AvgIpc) is 2.46. The molecule has 0 saturated heterocycles. The Morgan fingerprint density at radius 1 is 1.30 bits per heavy atom. The highest BCUT2D eigenvalue weighted by atomic mass is 15.1. The molecular formula is C17H25N3. The summed E-state index contributed by atoms with van der Waals surface area (Å²) >= 11 is 0. The lowest BCUT2D eigenvalue weighted by molar-refractivity contribution is 0.560. The molecule has 2 rings (SSSR count). The molecule has 1 atom stereocenters. The van der Waals surface area contributed by atoms with E-state index in [1.54, 1.807) is 0 Å². The summed E-state index contributed by atoms with van der Waals surface area (Å²) < 4.78 is 0. The molecule has 0 aliphatic carbocycles. The first kappa shape index (κ1) is 14.8. The Labute approximate surface area is 122 Å². The number of para-hydroxylation sites is 1. The number of hydrogen-bond acceptors (Lipinski definition) is 3. The minimum atomic E-state index is 0.694. The molecule has 1 aromatic heterocycles. The summed E-state index contributed by atoms with van der Waals surface area (Å²) in [5.41, 5.74) is 3.45. The van der Waals surface area contributed by atoms with Gasteiger partial charge in [0.1, 0.15) is 0 Å². The van der Waals surface area contributed by atoms with Crippen molar-refractivity contribution in [1.29, 1.82) is 0 Å². The fourth-order valence-electron chi connectivity index (χ4n) is 2.49. The van der Waals surface area contributed by atoms with Gasteiger partial charge in [-0.3, -0.25) is 4.98 Å². The SMILES string of the molecule is CCC(C)CN(C)c1cc(CNC)nc2ccccc12. The van der Waals surface area contributed by atoms with Crippen molar-refractivity contribution in [2.45, 2.75) is 26.8 Å². The molecule has 1 aromatic carbocycles. The smallest absolute Gasteiger partial charge is 0.0726 e. The van der Waals surface area contributed by atoms with E-state index in [4.69, 9.17) is 4.98 Å². The Morgan fingerprint density at radius 3 is 2.75 bits per heavy atom. The van der Waals surface area contributed by atoms with Crippen LogP contribution in [0.15, 0.2) is 30.3 Å². The second-order valence-corrected chi connectivity index (χ2v) is 5.57. The number of nitrogens with one attached hydrogen (secondary N) is 1. The van der Waals surface area contributed by atoms with Crippen LogP contribution in [0.2, 0.25) is 0 Å². The summed E-state index contributed by atoms with van der Waals surface area (Å²) in [6.07, 6.45) is 1.21. The third kappa shape index (κ3) is 3.28. The van der Waals surface area contributed by atoms with Crippen LogP contribution in [0.4, 0.5) is 5.69 Å². The maximum atomic E-state index is 4.72. The molecule has 0 bridgehead atoms. The zero-order valence-electron chi connectivity index (χ0n) is 13.0. The fraction of sp³-hybridized carbons (Fsp3) is 0.471. The van der Waals surface area contributed by atoms with Crippen LogP contribution in [-0.2, 0) is 6.54 Å². The second-order valence-electron chi connectivity index (χ2n) is 5.57. The molecule has 0 amide bonds. The lowest BCUT2D eigenvalue weighted by Crippen LogP contribution is -2.24. The van der Waals surface area contributed by atoms with Gasteiger partial charge in [-0.1, -0.05) is 38.5 Å². The van der Waals surface area contributed by atoms with Gasteiger partial charge < -0.3 is 10.2 Å². The number of fused-ring (bicyclic) bond motifs is 1. The monoisotopic (exact) mass is 271 g/mol. The third-order valence-corrected chi connectivity index (χ3v) is 3.80. The van der Waals surface area contributed by atoms with Gasteiger partial charge >= 0.3 is 0 Å². The first-order valence-corrected chi connectivity index (χ1v) is 7.40. The summed E-state index contributed by atoms with van der Waals surface area (Å²) in [6.45, 7) is 6.42. The van der Waals surface area contributed by atoms with E-state index in [0.717, 1.165) is 24.3 Å². The van der Waals surface area contributed by atoms with Crippen molar-refractivity contribution in [2.75, 3.05) is 25.5 Å². The van der Waals surface area contributed by atoms with E-state index in [1.165, 1.54) is 17.5 Å². The number of anilines is 1. The second kappa shape index (κ2) is 6.71. The summed E-state index contributed by atoms with van der Waals surface area (Å²) in [7, 11) is 4.14. The number of nitrogens with zero attached hydrogens (tertiary/aromatic N) is 2. The van der Waals surface area contributed by atoms with Crippen molar-refractivity contribution in [2.24, 2.45) is 5.92 Å². The van der Waals surface area contributed by atoms with Crippen LogP contribution in [0, 0.1) is 5.92 Å². The minimum absolute atomic E-state index is 0.694. The summed E-state index contributed by atoms with van der Waals surface area (Å²) in [5.74, 6) is 0.694. The minimum Gasteiger partial charge on any atom is -0.374 e. The highest BCUT2D eigenvalue weighted by Gasteiger charge is 2.11. The molecule has 0 fully saturated rings. The Bertz CT molecular complexity index is 565. The normalized spacial score (nSPS) is 12.6. The van der Waals surface area contributed by atoms with Gasteiger partial charge in [0.2, 0.25) is 0 Å². The summed E-state index contributed by atoms with van der Waals surface area (Å²) in [4.78, 5) is 7.08. The van der Waals surface area contributed by atoms with E-state index in [1.807, 2.05) is 7.05 Å². The van der Waals surface area contributed by atoms with Gasteiger partial charge in [-0.25, -0.2) is 0 Å². The molecule has 0 spiro atoms. The maximum Gasteiger partial charge on any atom is 0.0726 e. The van der Waals surface area contributed by atoms with Crippen LogP contribution in [0.25, 0.3) is 10.9 Å². The van der Waals surface area contributed by atoms with Crippen molar-refractivity contribution in [1.82, 2.24) is 10.3 Å². The molecule has 0 saturated carbocycles. The van der Waals surface area contributed by atoms with Gasteiger partial charge in [0.25, 0.3) is 0 Å². The highest BCUT2D eigenvalue weighted by molar-refractivity contribution is 5.91. The van der Waals surface area contributed by atoms with E-state index in [-0.39, 0.29) is 0 Å². The average molecular weight is 271 g/mol. The molecule has 108 valence electrons. The first-order valence-electron chi connectivity index (χ1n) is 7.40. The molecule has 0 aliphatic heterocycles. The van der Waals surface area contributed by atoms with Crippen LogP contribution in [0.1, 0.15) is 26.0 Å². The molecule has 0 aliphatic rings. The Hall–Kier alpha value is -1.61. The van der Waals surface area contributed by atoms with E-state index < -0.39 is 0 Å². The van der Waals surface area contributed by atoms with Crippen LogP contribution >= 0.6 is 0 Å². The molecule has 1 unspecified atom stereocenters. The molecule has 1 heterocycles. The number of aromatic nitrogens is 1. The van der Waals surface area contributed by atoms with Crippen LogP contribution in [0.5, 0.6) is 0 Å². The zero-order valence-corrected chi connectivity index (χ0v) is 13.0. The van der Waals surface area contributed by atoms with E-state index >= 15 is 0 Å². The van der Waals surface area contributed by atoms with Crippen molar-refractivity contribution < 1.29 is 0 Å². The van der Waals surface area contributed by atoms with Crippen LogP contribution in [0.3, 0.4) is 0 Å². The maximum absolute atomic E-state index is 4.72. The van der Waals surface area contributed by atoms with Gasteiger partial charge in [-0.05, 0) is 25.1 Å². The third-order valence-electron chi connectivity index (χ3n) is 3.80. The van der Waals surface area contributed by atoms with Crippen LogP contribution < -0.4 is 10.2 Å². The number of rotatable bonds is 6. The van der Waals surface area contributed by atoms with E-state index in [9.17, 15) is 0 Å². The molecule has 0 radical (unpaired) electrons. The standard InChI is InChI=1S/C17H25N3/c1-5-13(2)12-20(4)17-10-14(11-18-3)19-16-9-7-6-8-15(16)17/h6-10,13,18H,5,11-12H2,1-4H3. The molecule has 20 heavy (non-hydrogen) atoms. The van der Waals surface area contributed by atoms with E-state index in [2.05, 4.69) is 61.4 Å². The molecular weight excluding hydrogens is 246 g/mol. The predicted molar refractivity (Wildman–Crippen MR) is 87.2 cm³/mol. The topological polar surface area (TPSA) is 28.2 Å². The molecule has 1 N–H and O–H groups in total. The van der Waals surface area contributed by atoms with Gasteiger partial charge in [-0.2, -0.15) is 0 Å². The van der Waals surface area contributed by atoms with Gasteiger partial charge in [-0.15, -0.1) is 0 Å². The quantitative estimate of drug-likeness (QED) is 0.872. The first-order chi connectivity index (χ1) is 9.65. The number of pyridine rings is 1. The molecule has 3 heteroatoms. The van der Waals surface area contributed by atoms with Crippen molar-refractivity contribution in [3.63, 3.8) is 0 Å². The summed E-state index contributed by atoms with van der Waals surface area (Å²) in [6, 6.07) is 10.6. The largest absolute Gasteiger partial charge is 0.374 e. The zero-order chi connectivity index (χ0) is 14.5. The number of hydrogen-bond donors (Lipinski definition) is 1. The van der Waals surface area contributed by atoms with Gasteiger partial charge in [0.05, 0.1) is 11.2 Å². The van der Waals surface area contributed by atoms with Crippen molar-refractivity contribution in [3.8, 4) is 0 Å².